The van der Waals surface area contributed by atoms with Gasteiger partial charge in [-0.05, 0) is 110 Å². The van der Waals surface area contributed by atoms with Gasteiger partial charge in [-0.25, -0.2) is 13.1 Å². The number of aryl methyl sites for hydroxylation is 1. The molecule has 0 bridgehead atoms. The predicted molar refractivity (Wildman–Crippen MR) is 185 cm³/mol. The van der Waals surface area contributed by atoms with Crippen molar-refractivity contribution in [3.63, 3.8) is 0 Å². The van der Waals surface area contributed by atoms with Gasteiger partial charge in [0.25, 0.3) is 5.56 Å². The number of anilines is 1. The van der Waals surface area contributed by atoms with Gasteiger partial charge < -0.3 is 16.4 Å². The lowest BCUT2D eigenvalue weighted by Crippen LogP contribution is -2.48. The minimum atomic E-state index is -3.55. The lowest BCUT2D eigenvalue weighted by atomic mass is 9.81. The second-order valence-electron chi connectivity index (χ2n) is 12.6. The van der Waals surface area contributed by atoms with Crippen molar-refractivity contribution < 1.29 is 18.0 Å². The molecule has 2 amide bonds. The molecule has 0 radical (unpaired) electrons. The monoisotopic (exact) mass is 680 g/mol. The van der Waals surface area contributed by atoms with Crippen LogP contribution in [0.2, 0.25) is 0 Å². The number of carbonyl (C=O) groups is 2. The molecule has 7 N–H and O–H groups in total. The number of benzene rings is 3. The molecule has 47 heavy (non-hydrogen) atoms. The Morgan fingerprint density at radius 2 is 1.66 bits per heavy atom. The van der Waals surface area contributed by atoms with E-state index in [9.17, 15) is 22.8 Å². The summed E-state index contributed by atoms with van der Waals surface area (Å²) in [4.78, 5) is 39.1. The van der Waals surface area contributed by atoms with E-state index < -0.39 is 16.1 Å². The van der Waals surface area contributed by atoms with Crippen molar-refractivity contribution in [2.24, 2.45) is 17.6 Å². The third kappa shape index (κ3) is 8.13. The van der Waals surface area contributed by atoms with Gasteiger partial charge in [-0.2, -0.15) is 0 Å². The maximum Gasteiger partial charge on any atom is 0.271 e. The largest absolute Gasteiger partial charge is 0.344 e. The first-order valence-electron chi connectivity index (χ1n) is 15.8. The number of hydrogen-bond donors (Lipinski definition) is 6. The smallest absolute Gasteiger partial charge is 0.271 e. The van der Waals surface area contributed by atoms with Gasteiger partial charge in [-0.3, -0.25) is 24.6 Å². The number of aromatic amines is 2. The number of carbonyl (C=O) groups excluding carboxylic acids is 2. The number of nitrogens with two attached hydrogens (primary N) is 1. The second kappa shape index (κ2) is 14.4. The van der Waals surface area contributed by atoms with Crippen LogP contribution in [-0.2, 0) is 26.0 Å². The van der Waals surface area contributed by atoms with Crippen molar-refractivity contribution in [1.82, 2.24) is 20.2 Å². The van der Waals surface area contributed by atoms with E-state index in [2.05, 4.69) is 25.6 Å². The summed E-state index contributed by atoms with van der Waals surface area (Å²) < 4.78 is 28.1. The van der Waals surface area contributed by atoms with Crippen molar-refractivity contribution in [1.29, 1.82) is 0 Å². The van der Waals surface area contributed by atoms with E-state index in [0.29, 0.717) is 29.1 Å². The molecule has 2 saturated carbocycles. The molecule has 2 fully saturated rings. The van der Waals surface area contributed by atoms with Gasteiger partial charge in [-0.1, -0.05) is 30.3 Å². The van der Waals surface area contributed by atoms with Crippen LogP contribution in [-0.4, -0.2) is 49.1 Å². The van der Waals surface area contributed by atoms with Crippen LogP contribution in [0.3, 0.4) is 0 Å². The van der Waals surface area contributed by atoms with Gasteiger partial charge in [0.15, 0.2) is 0 Å². The summed E-state index contributed by atoms with van der Waals surface area (Å²) in [5.74, 6) is -0.242. The van der Waals surface area contributed by atoms with E-state index in [0.717, 1.165) is 60.8 Å². The van der Waals surface area contributed by atoms with Gasteiger partial charge in [0.1, 0.15) is 6.04 Å². The molecule has 6 rings (SSSR count). The number of fused-ring (bicyclic) bond motifs is 1. The molecule has 0 spiro atoms. The van der Waals surface area contributed by atoms with Gasteiger partial charge in [0, 0.05) is 24.1 Å². The summed E-state index contributed by atoms with van der Waals surface area (Å²) in [6.07, 6.45) is 5.28. The van der Waals surface area contributed by atoms with Gasteiger partial charge in [0.2, 0.25) is 21.8 Å². The Hall–Kier alpha value is -3.97. The minimum Gasteiger partial charge on any atom is -0.344 e. The van der Waals surface area contributed by atoms with Crippen molar-refractivity contribution in [3.8, 4) is 11.1 Å². The van der Waals surface area contributed by atoms with Crippen molar-refractivity contribution >= 4 is 50.8 Å². The van der Waals surface area contributed by atoms with Crippen LogP contribution >= 0.6 is 12.4 Å². The molecular weight excluding hydrogens is 640 g/mol. The first-order chi connectivity index (χ1) is 22.1. The number of sulfonamides is 1. The van der Waals surface area contributed by atoms with Crippen LogP contribution in [0, 0.1) is 18.8 Å². The lowest BCUT2D eigenvalue weighted by molar-refractivity contribution is -0.130. The zero-order valence-corrected chi connectivity index (χ0v) is 27.8. The van der Waals surface area contributed by atoms with Crippen LogP contribution in [0.4, 0.5) is 5.69 Å². The first-order valence-corrected chi connectivity index (χ1v) is 17.3. The third-order valence-electron chi connectivity index (χ3n) is 9.14. The number of hydrogen-bond acceptors (Lipinski definition) is 6. The molecule has 2 aliphatic rings. The summed E-state index contributed by atoms with van der Waals surface area (Å²) in [5.41, 5.74) is 10.2. The van der Waals surface area contributed by atoms with Crippen LogP contribution in [0.15, 0.2) is 70.4 Å². The van der Waals surface area contributed by atoms with Crippen molar-refractivity contribution in [2.75, 3.05) is 11.9 Å². The van der Waals surface area contributed by atoms with Crippen LogP contribution < -0.4 is 26.6 Å². The fraction of sp³-hybridized carbons (Fsp3) is 0.382. The van der Waals surface area contributed by atoms with Crippen molar-refractivity contribution in [3.05, 3.63) is 82.1 Å². The number of nitrogens with one attached hydrogen (secondary N) is 5. The zero-order chi connectivity index (χ0) is 32.4. The van der Waals surface area contributed by atoms with E-state index >= 15 is 0 Å². The van der Waals surface area contributed by atoms with Crippen LogP contribution in [0.25, 0.3) is 22.0 Å². The molecule has 250 valence electrons. The maximum atomic E-state index is 13.6. The molecule has 1 aromatic heterocycles. The standard InChI is InChI=1S/C34H40N6O5S.ClH/c1-20-16-27(46(44,45)40-25-10-11-25)13-15-28(20)23-6-2-21(3-7-23)17-31(37-32(41)24-8-4-22(19-35)5-9-24)34(43)36-26-12-14-29-30(18-26)38-39-33(29)42;/h2-3,6-7,12-16,18,22,24-25,31,40H,4-5,8-11,17,19,35H2,1H3,(H,36,43)(H,37,41)(H2,38,39,42);1H/t22?,24?,31-;/m0./s1. The number of aromatic nitrogens is 2. The molecule has 13 heteroatoms. The number of halogens is 1. The number of amides is 2. The molecule has 4 aromatic rings. The maximum absolute atomic E-state index is 13.6. The summed E-state index contributed by atoms with van der Waals surface area (Å²) in [6.45, 7) is 2.50. The summed E-state index contributed by atoms with van der Waals surface area (Å²) in [6, 6.07) is 17.0. The molecule has 0 aliphatic heterocycles. The van der Waals surface area contributed by atoms with E-state index in [1.165, 1.54) is 0 Å². The van der Waals surface area contributed by atoms with E-state index in [1.54, 1.807) is 30.3 Å². The minimum absolute atomic E-state index is 0. The highest BCUT2D eigenvalue weighted by Gasteiger charge is 2.30. The molecule has 2 aliphatic carbocycles. The van der Waals surface area contributed by atoms with Gasteiger partial charge >= 0.3 is 0 Å². The van der Waals surface area contributed by atoms with Gasteiger partial charge in [-0.15, -0.1) is 12.4 Å². The van der Waals surface area contributed by atoms with Crippen LogP contribution in [0.1, 0.15) is 49.7 Å². The normalized spacial score (nSPS) is 18.7. The highest BCUT2D eigenvalue weighted by molar-refractivity contribution is 7.89. The Morgan fingerprint density at radius 1 is 0.936 bits per heavy atom. The Labute approximate surface area is 279 Å². The second-order valence-corrected chi connectivity index (χ2v) is 14.3. The van der Waals surface area contributed by atoms with E-state index in [-0.39, 0.29) is 53.1 Å². The topological polar surface area (TPSA) is 179 Å². The Balaban J connectivity index is 0.00000433. The molecular formula is C34H41ClN6O5S. The lowest BCUT2D eigenvalue weighted by Gasteiger charge is -2.28. The number of H-pyrrole nitrogens is 2. The fourth-order valence-corrected chi connectivity index (χ4v) is 7.57. The Morgan fingerprint density at radius 3 is 2.32 bits per heavy atom. The average molecular weight is 681 g/mol. The van der Waals surface area contributed by atoms with E-state index in [1.807, 2.05) is 37.3 Å². The highest BCUT2D eigenvalue weighted by Crippen LogP contribution is 2.30. The average Bonchev–Trinajstić information content (AvgIpc) is 3.79. The molecule has 0 saturated heterocycles. The fourth-order valence-electron chi connectivity index (χ4n) is 6.18. The molecule has 3 aromatic carbocycles. The summed E-state index contributed by atoms with van der Waals surface area (Å²) in [7, 11) is -3.55. The quantitative estimate of drug-likeness (QED) is 0.139. The third-order valence-corrected chi connectivity index (χ3v) is 10.7. The summed E-state index contributed by atoms with van der Waals surface area (Å²) in [5, 5.41) is 11.7. The highest BCUT2D eigenvalue weighted by atomic mass is 35.5. The molecule has 1 heterocycles. The Kier molecular flexibility index (Phi) is 10.5. The Bertz CT molecular complexity index is 1910. The predicted octanol–water partition coefficient (Wildman–Crippen LogP) is 4.13. The SMILES string of the molecule is Cc1cc(S(=O)(=O)NC2CC2)ccc1-c1ccc(C[C@H](NC(=O)C2CCC(CN)CC2)C(=O)Nc2ccc3c(=O)[nH][nH]c3c2)cc1.Cl. The van der Waals surface area contributed by atoms with Crippen LogP contribution in [0.5, 0.6) is 0 Å². The zero-order valence-electron chi connectivity index (χ0n) is 26.2. The van der Waals surface area contributed by atoms with Crippen molar-refractivity contribution in [2.45, 2.75) is 68.8 Å². The summed E-state index contributed by atoms with van der Waals surface area (Å²) >= 11 is 0. The molecule has 1 atom stereocenters. The van der Waals surface area contributed by atoms with E-state index in [4.69, 9.17) is 5.73 Å². The number of rotatable bonds is 11. The van der Waals surface area contributed by atoms with Gasteiger partial charge in [0.05, 0.1) is 15.8 Å². The first kappa shape index (κ1) is 34.4. The molecule has 11 nitrogen and oxygen atoms in total. The molecule has 0 unspecified atom stereocenters.